The molecule has 0 aromatic rings. The van der Waals surface area contributed by atoms with Crippen LogP contribution in [0.15, 0.2) is 0 Å². The van der Waals surface area contributed by atoms with E-state index in [1.807, 2.05) is 6.92 Å². The van der Waals surface area contributed by atoms with Crippen molar-refractivity contribution < 1.29 is 0 Å². The Balaban J connectivity index is 3.07. The zero-order valence-corrected chi connectivity index (χ0v) is 16.8. The molecule has 0 aliphatic heterocycles. The molecule has 0 aliphatic carbocycles. The van der Waals surface area contributed by atoms with Crippen molar-refractivity contribution in [1.29, 1.82) is 5.26 Å². The van der Waals surface area contributed by atoms with Crippen molar-refractivity contribution in [3.8, 4) is 6.07 Å². The first-order chi connectivity index (χ1) is 11.1. The third kappa shape index (κ3) is 18.0. The average Bonchev–Trinajstić information content (AvgIpc) is 2.54. The lowest BCUT2D eigenvalue weighted by molar-refractivity contribution is 0.523. The van der Waals surface area contributed by atoms with E-state index in [-0.39, 0.29) is 0 Å². The van der Waals surface area contributed by atoms with Crippen molar-refractivity contribution in [2.24, 2.45) is 0 Å². The molecule has 1 unspecified atom stereocenters. The normalized spacial score (nSPS) is 13.7. The van der Waals surface area contributed by atoms with E-state index in [1.54, 1.807) is 0 Å². The van der Waals surface area contributed by atoms with Gasteiger partial charge in [0.15, 0.2) is 0 Å². The molecule has 0 bridgehead atoms. The van der Waals surface area contributed by atoms with Crippen molar-refractivity contribution in [2.45, 2.75) is 128 Å². The Hall–Kier alpha value is -0.160. The fourth-order valence-electron chi connectivity index (χ4n) is 3.07. The molecule has 0 rings (SSSR count). The van der Waals surface area contributed by atoms with Crippen LogP contribution in [0.25, 0.3) is 0 Å². The van der Waals surface area contributed by atoms with Gasteiger partial charge in [-0.1, -0.05) is 110 Å². The summed E-state index contributed by atoms with van der Waals surface area (Å²) in [6.07, 6.45) is 23.2. The molecule has 1 atom stereocenters. The zero-order valence-electron chi connectivity index (χ0n) is 15.9. The van der Waals surface area contributed by atoms with E-state index in [0.717, 1.165) is 12.8 Å². The summed E-state index contributed by atoms with van der Waals surface area (Å²) in [6.45, 7) is 4.20. The molecule has 0 aromatic heterocycles. The van der Waals surface area contributed by atoms with Crippen molar-refractivity contribution >= 4 is 12.6 Å². The van der Waals surface area contributed by atoms with Crippen LogP contribution in [0.4, 0.5) is 0 Å². The number of nitriles is 1. The van der Waals surface area contributed by atoms with Crippen LogP contribution >= 0.6 is 12.6 Å². The maximum Gasteiger partial charge on any atom is 0.0967 e. The quantitative estimate of drug-likeness (QED) is 0.212. The highest BCUT2D eigenvalue weighted by Crippen LogP contribution is 2.21. The minimum atomic E-state index is -0.421. The summed E-state index contributed by atoms with van der Waals surface area (Å²) in [5.41, 5.74) is 0. The Morgan fingerprint density at radius 3 is 1.26 bits per heavy atom. The predicted octanol–water partition coefficient (Wildman–Crippen LogP) is 7.85. The van der Waals surface area contributed by atoms with Gasteiger partial charge < -0.3 is 0 Å². The summed E-state index contributed by atoms with van der Waals surface area (Å²) in [5.74, 6) is 0. The highest BCUT2D eigenvalue weighted by Gasteiger charge is 2.16. The smallest absolute Gasteiger partial charge is 0.0967 e. The lowest BCUT2D eigenvalue weighted by atomic mass is 10.0. The van der Waals surface area contributed by atoms with E-state index in [0.29, 0.717) is 0 Å². The molecule has 0 aliphatic rings. The van der Waals surface area contributed by atoms with Gasteiger partial charge >= 0.3 is 0 Å². The minimum absolute atomic E-state index is 0.421. The Kier molecular flexibility index (Phi) is 16.6. The van der Waals surface area contributed by atoms with Gasteiger partial charge in [0.25, 0.3) is 0 Å². The monoisotopic (exact) mass is 339 g/mol. The molecular formula is C21H41NS. The Morgan fingerprint density at radius 2 is 0.957 bits per heavy atom. The first-order valence-electron chi connectivity index (χ1n) is 10.3. The van der Waals surface area contributed by atoms with Gasteiger partial charge in [-0.15, -0.1) is 0 Å². The second-order valence-corrected chi connectivity index (χ2v) is 8.43. The Bertz CT molecular complexity index is 280. The number of thiol groups is 1. The van der Waals surface area contributed by atoms with Crippen LogP contribution in [-0.4, -0.2) is 4.75 Å². The lowest BCUT2D eigenvalue weighted by Gasteiger charge is -2.13. The molecule has 0 saturated heterocycles. The molecule has 23 heavy (non-hydrogen) atoms. The highest BCUT2D eigenvalue weighted by molar-refractivity contribution is 7.82. The molecule has 0 fully saturated rings. The van der Waals surface area contributed by atoms with Gasteiger partial charge in [-0.2, -0.15) is 17.9 Å². The standard InChI is InChI=1S/C21H41NS/c1-3-4-5-6-7-8-9-10-11-12-13-14-15-16-17-18-19-21(2,23)20-22/h23H,3-19H2,1-2H3. The van der Waals surface area contributed by atoms with Gasteiger partial charge in [0, 0.05) is 0 Å². The molecule has 0 aromatic carbocycles. The lowest BCUT2D eigenvalue weighted by Crippen LogP contribution is -2.12. The predicted molar refractivity (Wildman–Crippen MR) is 107 cm³/mol. The zero-order chi connectivity index (χ0) is 17.2. The number of hydrogen-bond acceptors (Lipinski definition) is 2. The van der Waals surface area contributed by atoms with E-state index in [2.05, 4.69) is 25.6 Å². The van der Waals surface area contributed by atoms with Crippen LogP contribution in [0.1, 0.15) is 123 Å². The van der Waals surface area contributed by atoms with Crippen molar-refractivity contribution in [1.82, 2.24) is 0 Å². The number of unbranched alkanes of at least 4 members (excludes halogenated alkanes) is 15. The van der Waals surface area contributed by atoms with Crippen molar-refractivity contribution in [3.63, 3.8) is 0 Å². The molecule has 0 spiro atoms. The van der Waals surface area contributed by atoms with Crippen LogP contribution in [0.3, 0.4) is 0 Å². The van der Waals surface area contributed by atoms with E-state index >= 15 is 0 Å². The first-order valence-corrected chi connectivity index (χ1v) is 10.7. The second kappa shape index (κ2) is 16.7. The summed E-state index contributed by atoms with van der Waals surface area (Å²) in [6, 6.07) is 2.26. The van der Waals surface area contributed by atoms with Gasteiger partial charge in [0.2, 0.25) is 0 Å². The maximum atomic E-state index is 8.89. The fourth-order valence-corrected chi connectivity index (χ4v) is 3.23. The van der Waals surface area contributed by atoms with Crippen LogP contribution in [-0.2, 0) is 0 Å². The summed E-state index contributed by atoms with van der Waals surface area (Å²) in [4.78, 5) is 0. The van der Waals surface area contributed by atoms with E-state index < -0.39 is 4.75 Å². The Labute approximate surface area is 152 Å². The molecule has 0 radical (unpaired) electrons. The van der Waals surface area contributed by atoms with Crippen LogP contribution < -0.4 is 0 Å². The van der Waals surface area contributed by atoms with Crippen molar-refractivity contribution in [3.05, 3.63) is 0 Å². The molecule has 0 amide bonds. The minimum Gasteiger partial charge on any atom is -0.197 e. The number of rotatable bonds is 17. The van der Waals surface area contributed by atoms with E-state index in [1.165, 1.54) is 96.3 Å². The SMILES string of the molecule is CCCCCCCCCCCCCCCCCCC(C)(S)C#N. The number of hydrogen-bond donors (Lipinski definition) is 1. The summed E-state index contributed by atoms with van der Waals surface area (Å²) in [7, 11) is 0. The average molecular weight is 340 g/mol. The van der Waals surface area contributed by atoms with Crippen LogP contribution in [0.2, 0.25) is 0 Å². The van der Waals surface area contributed by atoms with Gasteiger partial charge in [-0.05, 0) is 13.3 Å². The van der Waals surface area contributed by atoms with Crippen molar-refractivity contribution in [2.75, 3.05) is 0 Å². The van der Waals surface area contributed by atoms with E-state index in [4.69, 9.17) is 5.26 Å². The molecule has 136 valence electrons. The fraction of sp³-hybridized carbons (Fsp3) is 0.952. The van der Waals surface area contributed by atoms with Gasteiger partial charge in [-0.3, -0.25) is 0 Å². The number of nitrogens with zero attached hydrogens (tertiary/aromatic N) is 1. The highest BCUT2D eigenvalue weighted by atomic mass is 32.1. The summed E-state index contributed by atoms with van der Waals surface area (Å²) < 4.78 is -0.421. The van der Waals surface area contributed by atoms with Crippen LogP contribution in [0, 0.1) is 11.3 Å². The largest absolute Gasteiger partial charge is 0.197 e. The topological polar surface area (TPSA) is 23.8 Å². The van der Waals surface area contributed by atoms with Gasteiger partial charge in [0.05, 0.1) is 10.8 Å². The second-order valence-electron chi connectivity index (χ2n) is 7.44. The third-order valence-corrected chi connectivity index (χ3v) is 5.08. The van der Waals surface area contributed by atoms with Crippen LogP contribution in [0.5, 0.6) is 0 Å². The maximum absolute atomic E-state index is 8.89. The van der Waals surface area contributed by atoms with Gasteiger partial charge in [-0.25, -0.2) is 0 Å². The molecule has 0 saturated carbocycles. The molecular weight excluding hydrogens is 298 g/mol. The van der Waals surface area contributed by atoms with E-state index in [9.17, 15) is 0 Å². The summed E-state index contributed by atoms with van der Waals surface area (Å²) >= 11 is 4.35. The Morgan fingerprint density at radius 1 is 0.652 bits per heavy atom. The molecule has 1 nitrogen and oxygen atoms in total. The van der Waals surface area contributed by atoms with Gasteiger partial charge in [0.1, 0.15) is 0 Å². The molecule has 0 N–H and O–H groups in total. The third-order valence-electron chi connectivity index (χ3n) is 4.76. The summed E-state index contributed by atoms with van der Waals surface area (Å²) in [5, 5.41) is 8.89. The molecule has 2 heteroatoms. The molecule has 0 heterocycles. The first kappa shape index (κ1) is 22.8.